The van der Waals surface area contributed by atoms with Crippen molar-refractivity contribution in [2.75, 3.05) is 24.6 Å². The summed E-state index contributed by atoms with van der Waals surface area (Å²) in [6.45, 7) is 6.08. The van der Waals surface area contributed by atoms with Gasteiger partial charge in [0.2, 0.25) is 0 Å². The maximum absolute atomic E-state index is 15.0. The minimum atomic E-state index is -1.04. The van der Waals surface area contributed by atoms with Gasteiger partial charge in [-0.25, -0.2) is 23.8 Å². The molecule has 2 aliphatic heterocycles. The molecule has 9 nitrogen and oxygen atoms in total. The van der Waals surface area contributed by atoms with Crippen molar-refractivity contribution >= 4 is 45.7 Å². The summed E-state index contributed by atoms with van der Waals surface area (Å²) >= 11 is 2.21. The van der Waals surface area contributed by atoms with Gasteiger partial charge >= 0.3 is 6.09 Å². The molecule has 2 N–H and O–H groups in total. The van der Waals surface area contributed by atoms with Crippen LogP contribution in [0, 0.1) is 14.9 Å². The molecular formula is C28H34FIN6O3. The van der Waals surface area contributed by atoms with E-state index in [0.29, 0.717) is 12.8 Å². The van der Waals surface area contributed by atoms with E-state index in [1.807, 2.05) is 30.8 Å². The number of hydrogen-bond donors (Lipinski definition) is 2. The standard InChI is InChI=1S/C28H34FIN6O3/c1-27(2,33-26(37)38)15-19-17-6-5-7-20(29)18(17)14-28(19)9-11-35(12-10-28)21-16-31-23-24(30)34-36(25(23)32-21)22-8-3-4-13-39-22/h5-7,16,19,22,33H,3-4,8-15H2,1-2H3,(H,37,38)/t19-,22?/m1/s1. The Morgan fingerprint density at radius 2 is 2.10 bits per heavy atom. The molecule has 208 valence electrons. The molecule has 2 saturated heterocycles. The van der Waals surface area contributed by atoms with Gasteiger partial charge in [0.05, 0.1) is 6.20 Å². The third-order valence-corrected chi connectivity index (χ3v) is 9.55. The van der Waals surface area contributed by atoms with Gasteiger partial charge in [-0.2, -0.15) is 5.10 Å². The number of aromatic nitrogens is 4. The third-order valence-electron chi connectivity index (χ3n) is 8.82. The van der Waals surface area contributed by atoms with Crippen molar-refractivity contribution in [2.45, 2.75) is 76.5 Å². The summed E-state index contributed by atoms with van der Waals surface area (Å²) in [6.07, 6.45) is 6.76. The van der Waals surface area contributed by atoms with E-state index in [0.717, 1.165) is 83.6 Å². The fourth-order valence-corrected chi connectivity index (χ4v) is 7.52. The minimum absolute atomic E-state index is 0.0622. The topological polar surface area (TPSA) is 105 Å². The lowest BCUT2D eigenvalue weighted by Gasteiger charge is -2.45. The number of fused-ring (bicyclic) bond motifs is 2. The lowest BCUT2D eigenvalue weighted by Crippen LogP contribution is -2.48. The number of nitrogens with zero attached hydrogens (tertiary/aromatic N) is 5. The van der Waals surface area contributed by atoms with E-state index in [2.05, 4.69) is 32.8 Å². The number of piperidine rings is 1. The molecule has 2 aromatic heterocycles. The van der Waals surface area contributed by atoms with Crippen molar-refractivity contribution in [2.24, 2.45) is 5.41 Å². The highest BCUT2D eigenvalue weighted by molar-refractivity contribution is 14.1. The van der Waals surface area contributed by atoms with Crippen molar-refractivity contribution in [1.82, 2.24) is 25.1 Å². The molecule has 1 aromatic carbocycles. The number of carbonyl (C=O) groups is 1. The number of hydrogen-bond acceptors (Lipinski definition) is 6. The highest BCUT2D eigenvalue weighted by atomic mass is 127. The highest BCUT2D eigenvalue weighted by Gasteiger charge is 2.50. The van der Waals surface area contributed by atoms with Gasteiger partial charge in [-0.05, 0) is 110 Å². The van der Waals surface area contributed by atoms with E-state index in [9.17, 15) is 14.3 Å². The summed E-state index contributed by atoms with van der Waals surface area (Å²) in [5.74, 6) is 0.717. The van der Waals surface area contributed by atoms with Gasteiger partial charge in [0.15, 0.2) is 15.6 Å². The lowest BCUT2D eigenvalue weighted by molar-refractivity contribution is -0.0372. The maximum Gasteiger partial charge on any atom is 0.405 e. The summed E-state index contributed by atoms with van der Waals surface area (Å²) in [5, 5.41) is 16.8. The number of nitrogens with one attached hydrogen (secondary N) is 1. The van der Waals surface area contributed by atoms with Crippen LogP contribution >= 0.6 is 22.6 Å². The van der Waals surface area contributed by atoms with E-state index in [1.165, 1.54) is 6.07 Å². The Kier molecular flexibility index (Phi) is 6.93. The molecule has 0 bridgehead atoms. The monoisotopic (exact) mass is 648 g/mol. The minimum Gasteiger partial charge on any atom is -0.465 e. The van der Waals surface area contributed by atoms with Crippen molar-refractivity contribution in [3.05, 3.63) is 45.0 Å². The van der Waals surface area contributed by atoms with Crippen LogP contribution in [0.1, 0.15) is 75.6 Å². The molecule has 1 spiro atoms. The summed E-state index contributed by atoms with van der Waals surface area (Å²) < 4.78 is 23.7. The van der Waals surface area contributed by atoms with Crippen molar-refractivity contribution in [3.8, 4) is 0 Å². The molecule has 2 atom stereocenters. The molecule has 6 rings (SSSR count). The van der Waals surface area contributed by atoms with Crippen LogP contribution in [0.25, 0.3) is 11.2 Å². The van der Waals surface area contributed by atoms with E-state index in [1.54, 1.807) is 6.07 Å². The lowest BCUT2D eigenvalue weighted by atomic mass is 9.66. The van der Waals surface area contributed by atoms with Crippen molar-refractivity contribution in [1.29, 1.82) is 0 Å². The van der Waals surface area contributed by atoms with Gasteiger partial charge in [-0.1, -0.05) is 12.1 Å². The number of benzene rings is 1. The number of rotatable bonds is 5. The van der Waals surface area contributed by atoms with E-state index in [-0.39, 0.29) is 23.4 Å². The molecule has 0 radical (unpaired) electrons. The third kappa shape index (κ3) is 4.96. The summed E-state index contributed by atoms with van der Waals surface area (Å²) in [7, 11) is 0. The van der Waals surface area contributed by atoms with Crippen LogP contribution in [0.15, 0.2) is 24.4 Å². The number of carboxylic acid groups (broad SMARTS) is 1. The first-order valence-corrected chi connectivity index (χ1v) is 14.8. The summed E-state index contributed by atoms with van der Waals surface area (Å²) in [4.78, 5) is 23.5. The van der Waals surface area contributed by atoms with E-state index >= 15 is 0 Å². The van der Waals surface area contributed by atoms with Crippen LogP contribution in [0.2, 0.25) is 0 Å². The van der Waals surface area contributed by atoms with Crippen LogP contribution < -0.4 is 10.2 Å². The average molecular weight is 649 g/mol. The van der Waals surface area contributed by atoms with Crippen LogP contribution in [-0.2, 0) is 11.2 Å². The van der Waals surface area contributed by atoms with Gasteiger partial charge in [0.25, 0.3) is 0 Å². The first kappa shape index (κ1) is 26.7. The second-order valence-corrected chi connectivity index (χ2v) is 12.9. The summed E-state index contributed by atoms with van der Waals surface area (Å²) in [5.41, 5.74) is 2.58. The Hall–Kier alpha value is -2.54. The van der Waals surface area contributed by atoms with Crippen LogP contribution in [0.5, 0.6) is 0 Å². The van der Waals surface area contributed by atoms with Gasteiger partial charge < -0.3 is 20.1 Å². The number of ether oxygens (including phenoxy) is 1. The molecular weight excluding hydrogens is 614 g/mol. The number of anilines is 1. The second kappa shape index (κ2) is 10.1. The van der Waals surface area contributed by atoms with Crippen molar-refractivity contribution < 1.29 is 19.0 Å². The van der Waals surface area contributed by atoms with Gasteiger partial charge in [-0.15, -0.1) is 0 Å². The SMILES string of the molecule is CC(C)(C[C@@H]1c2cccc(F)c2CC12CCN(c1cnc3c(I)nn(C4CCCCO4)c3n1)CC2)NC(=O)O. The molecule has 0 saturated carbocycles. The smallest absolute Gasteiger partial charge is 0.405 e. The first-order chi connectivity index (χ1) is 18.7. The quantitative estimate of drug-likeness (QED) is 0.346. The predicted molar refractivity (Wildman–Crippen MR) is 153 cm³/mol. The van der Waals surface area contributed by atoms with E-state index in [4.69, 9.17) is 19.8 Å². The number of halogens is 2. The maximum atomic E-state index is 15.0. The Bertz CT molecular complexity index is 1400. The fraction of sp³-hybridized carbons (Fsp3) is 0.571. The molecule has 1 unspecified atom stereocenters. The Morgan fingerprint density at radius 1 is 1.31 bits per heavy atom. The van der Waals surface area contributed by atoms with E-state index < -0.39 is 11.6 Å². The predicted octanol–water partition coefficient (Wildman–Crippen LogP) is 5.63. The molecule has 11 heteroatoms. The van der Waals surface area contributed by atoms with Crippen molar-refractivity contribution in [3.63, 3.8) is 0 Å². The zero-order valence-corrected chi connectivity index (χ0v) is 24.4. The largest absolute Gasteiger partial charge is 0.465 e. The van der Waals surface area contributed by atoms with Gasteiger partial charge in [0.1, 0.15) is 17.2 Å². The van der Waals surface area contributed by atoms with Crippen LogP contribution in [0.4, 0.5) is 15.0 Å². The first-order valence-electron chi connectivity index (χ1n) is 13.7. The zero-order valence-electron chi connectivity index (χ0n) is 22.3. The Morgan fingerprint density at radius 3 is 2.82 bits per heavy atom. The summed E-state index contributed by atoms with van der Waals surface area (Å²) in [6, 6.07) is 5.34. The Balaban J connectivity index is 1.26. The molecule has 1 aliphatic carbocycles. The van der Waals surface area contributed by atoms with Crippen LogP contribution in [0.3, 0.4) is 0 Å². The van der Waals surface area contributed by atoms with Gasteiger partial charge in [0, 0.05) is 25.2 Å². The second-order valence-electron chi connectivity index (χ2n) is 11.9. The molecule has 3 aromatic rings. The average Bonchev–Trinajstić information content (AvgIpc) is 3.39. The highest BCUT2D eigenvalue weighted by Crippen LogP contribution is 2.56. The zero-order chi connectivity index (χ0) is 27.4. The fourth-order valence-electron chi connectivity index (χ4n) is 6.91. The molecule has 4 heterocycles. The Labute approximate surface area is 240 Å². The van der Waals surface area contributed by atoms with Gasteiger partial charge in [-0.3, -0.25) is 0 Å². The van der Waals surface area contributed by atoms with Crippen LogP contribution in [-0.4, -0.2) is 56.2 Å². The normalized spacial score (nSPS) is 22.8. The molecule has 2 fully saturated rings. The molecule has 39 heavy (non-hydrogen) atoms. The molecule has 3 aliphatic rings. The molecule has 1 amide bonds. The number of amides is 1.